The largest absolute Gasteiger partial charge is 0.491 e. The molecule has 2 aromatic rings. The maximum absolute atomic E-state index is 13.0. The Hall–Kier alpha value is -2.83. The molecule has 0 saturated heterocycles. The van der Waals surface area contributed by atoms with Crippen molar-refractivity contribution in [3.8, 4) is 5.75 Å². The molecule has 1 N–H and O–H groups in total. The van der Waals surface area contributed by atoms with Crippen LogP contribution in [-0.4, -0.2) is 38.9 Å². The number of carbonyl (C=O) groups is 2. The van der Waals surface area contributed by atoms with Gasteiger partial charge in [-0.15, -0.1) is 0 Å². The summed E-state index contributed by atoms with van der Waals surface area (Å²) in [5.74, 6) is 1.36. The van der Waals surface area contributed by atoms with E-state index in [1.807, 2.05) is 47.6 Å². The van der Waals surface area contributed by atoms with E-state index >= 15 is 0 Å². The van der Waals surface area contributed by atoms with Crippen LogP contribution in [-0.2, 0) is 17.8 Å². The lowest BCUT2D eigenvalue weighted by molar-refractivity contribution is -0.133. The van der Waals surface area contributed by atoms with Crippen molar-refractivity contribution >= 4 is 17.5 Å². The first-order valence-electron chi connectivity index (χ1n) is 10.8. The highest BCUT2D eigenvalue weighted by atomic mass is 16.5. The number of fused-ring (bicyclic) bond motifs is 1. The molecule has 0 radical (unpaired) electrons. The predicted molar refractivity (Wildman–Crippen MR) is 115 cm³/mol. The number of amides is 2. The molecule has 2 aliphatic rings. The Morgan fingerprint density at radius 2 is 1.83 bits per heavy atom. The number of ether oxygens (including phenoxy) is 1. The third kappa shape index (κ3) is 4.20. The molecule has 0 spiro atoms. The lowest BCUT2D eigenvalue weighted by Crippen LogP contribution is -2.37. The Bertz CT molecular complexity index is 942. The van der Waals surface area contributed by atoms with Crippen LogP contribution in [0.3, 0.4) is 0 Å². The van der Waals surface area contributed by atoms with E-state index in [4.69, 9.17) is 4.74 Å². The van der Waals surface area contributed by atoms with Crippen LogP contribution in [0.5, 0.6) is 5.75 Å². The molecule has 160 valence electrons. The molecule has 0 atom stereocenters. The zero-order chi connectivity index (χ0) is 21.4. The second-order valence-electron chi connectivity index (χ2n) is 8.72. The van der Waals surface area contributed by atoms with Gasteiger partial charge in [-0.3, -0.25) is 9.59 Å². The van der Waals surface area contributed by atoms with Gasteiger partial charge in [0, 0.05) is 36.3 Å². The average Bonchev–Trinajstić information content (AvgIpc) is 3.47. The lowest BCUT2D eigenvalue weighted by atomic mass is 10.1. The van der Waals surface area contributed by atoms with Crippen LogP contribution in [0.4, 0.5) is 5.69 Å². The van der Waals surface area contributed by atoms with Gasteiger partial charge in [-0.1, -0.05) is 0 Å². The van der Waals surface area contributed by atoms with Gasteiger partial charge in [-0.05, 0) is 64.8 Å². The van der Waals surface area contributed by atoms with Gasteiger partial charge in [0.2, 0.25) is 5.91 Å². The zero-order valence-corrected chi connectivity index (χ0v) is 18.1. The summed E-state index contributed by atoms with van der Waals surface area (Å²) in [6, 6.07) is 7.45. The molecule has 4 rings (SSSR count). The van der Waals surface area contributed by atoms with Gasteiger partial charge in [0.1, 0.15) is 5.75 Å². The minimum Gasteiger partial charge on any atom is -0.491 e. The number of rotatable bonds is 6. The first-order chi connectivity index (χ1) is 14.3. The quantitative estimate of drug-likeness (QED) is 0.786. The van der Waals surface area contributed by atoms with Crippen LogP contribution >= 0.6 is 0 Å². The van der Waals surface area contributed by atoms with Crippen molar-refractivity contribution in [1.29, 1.82) is 0 Å². The second-order valence-corrected chi connectivity index (χ2v) is 8.72. The van der Waals surface area contributed by atoms with E-state index in [-0.39, 0.29) is 29.9 Å². The van der Waals surface area contributed by atoms with Gasteiger partial charge >= 0.3 is 0 Å². The Morgan fingerprint density at radius 3 is 2.43 bits per heavy atom. The van der Waals surface area contributed by atoms with Gasteiger partial charge in [0.25, 0.3) is 5.91 Å². The van der Waals surface area contributed by atoms with Crippen molar-refractivity contribution in [2.75, 3.05) is 11.9 Å². The smallest absolute Gasteiger partial charge is 0.291 e. The number of hydrogen-bond donors (Lipinski definition) is 1. The van der Waals surface area contributed by atoms with Crippen molar-refractivity contribution in [3.05, 3.63) is 41.5 Å². The van der Waals surface area contributed by atoms with Gasteiger partial charge in [-0.25, -0.2) is 4.98 Å². The zero-order valence-electron chi connectivity index (χ0n) is 18.1. The van der Waals surface area contributed by atoms with Crippen molar-refractivity contribution < 1.29 is 14.3 Å². The topological polar surface area (TPSA) is 76.5 Å². The lowest BCUT2D eigenvalue weighted by Gasteiger charge is -2.28. The molecule has 0 bridgehead atoms. The summed E-state index contributed by atoms with van der Waals surface area (Å²) in [6.07, 6.45) is 2.82. The molecule has 1 aliphatic heterocycles. The molecule has 1 fully saturated rings. The van der Waals surface area contributed by atoms with Crippen LogP contribution < -0.4 is 10.1 Å². The summed E-state index contributed by atoms with van der Waals surface area (Å²) < 4.78 is 7.67. The van der Waals surface area contributed by atoms with E-state index in [0.717, 1.165) is 36.4 Å². The van der Waals surface area contributed by atoms with Gasteiger partial charge in [0.05, 0.1) is 18.3 Å². The molecular formula is C23H30N4O3. The summed E-state index contributed by atoms with van der Waals surface area (Å²) in [5, 5.41) is 2.95. The number of imidazole rings is 1. The maximum atomic E-state index is 13.0. The highest BCUT2D eigenvalue weighted by Gasteiger charge is 2.36. The summed E-state index contributed by atoms with van der Waals surface area (Å²) in [5.41, 5.74) is 2.60. The van der Waals surface area contributed by atoms with E-state index in [1.54, 1.807) is 0 Å². The van der Waals surface area contributed by atoms with Crippen molar-refractivity contribution in [3.63, 3.8) is 0 Å². The average molecular weight is 411 g/mol. The summed E-state index contributed by atoms with van der Waals surface area (Å²) in [7, 11) is 0. The monoisotopic (exact) mass is 410 g/mol. The molecule has 7 heteroatoms. The van der Waals surface area contributed by atoms with Crippen LogP contribution in [0.15, 0.2) is 24.3 Å². The molecule has 0 unspecified atom stereocenters. The molecule has 2 amide bonds. The fourth-order valence-electron chi connectivity index (χ4n) is 3.97. The molecule has 2 heterocycles. The number of carbonyl (C=O) groups excluding carboxylic acids is 2. The first-order valence-corrected chi connectivity index (χ1v) is 10.8. The molecule has 1 aromatic carbocycles. The number of benzene rings is 1. The Labute approximate surface area is 177 Å². The Morgan fingerprint density at radius 1 is 1.13 bits per heavy atom. The predicted octanol–water partition coefficient (Wildman–Crippen LogP) is 3.80. The number of aromatic nitrogens is 2. The third-order valence-corrected chi connectivity index (χ3v) is 5.49. The standard InChI is InChI=1S/C23H30N4O3/c1-14(2)27-20-11-12-26(23(29)16-5-6-16)13-19(20)25-21(27)22(28)24-17-7-9-18(10-8-17)30-15(3)4/h7-10,14-16H,5-6,11-13H2,1-4H3,(H,24,28). The third-order valence-electron chi connectivity index (χ3n) is 5.49. The minimum atomic E-state index is -0.240. The maximum Gasteiger partial charge on any atom is 0.291 e. The molecule has 1 aromatic heterocycles. The Balaban J connectivity index is 1.53. The van der Waals surface area contributed by atoms with Crippen molar-refractivity contribution in [2.24, 2.45) is 5.92 Å². The molecule has 1 aliphatic carbocycles. The van der Waals surface area contributed by atoms with E-state index in [9.17, 15) is 9.59 Å². The minimum absolute atomic E-state index is 0.0987. The molecule has 30 heavy (non-hydrogen) atoms. The summed E-state index contributed by atoms with van der Waals surface area (Å²) >= 11 is 0. The van der Waals surface area contributed by atoms with E-state index in [2.05, 4.69) is 24.1 Å². The van der Waals surface area contributed by atoms with Crippen LogP contribution in [0.2, 0.25) is 0 Å². The fourth-order valence-corrected chi connectivity index (χ4v) is 3.97. The first kappa shape index (κ1) is 20.4. The van der Waals surface area contributed by atoms with E-state index in [1.165, 1.54) is 0 Å². The van der Waals surface area contributed by atoms with Crippen LogP contribution in [0.25, 0.3) is 0 Å². The van der Waals surface area contributed by atoms with Gasteiger partial charge in [0.15, 0.2) is 5.82 Å². The van der Waals surface area contributed by atoms with Crippen molar-refractivity contribution in [2.45, 2.75) is 65.6 Å². The number of nitrogens with one attached hydrogen (secondary N) is 1. The fraction of sp³-hybridized carbons (Fsp3) is 0.522. The SMILES string of the molecule is CC(C)Oc1ccc(NC(=O)c2nc3c(n2C(C)C)CCN(C(=O)C2CC2)C3)cc1. The van der Waals surface area contributed by atoms with E-state index in [0.29, 0.717) is 24.6 Å². The highest BCUT2D eigenvalue weighted by molar-refractivity contribution is 6.02. The number of hydrogen-bond acceptors (Lipinski definition) is 4. The highest BCUT2D eigenvalue weighted by Crippen LogP contribution is 2.33. The molecule has 1 saturated carbocycles. The summed E-state index contributed by atoms with van der Waals surface area (Å²) in [6.45, 7) is 9.24. The van der Waals surface area contributed by atoms with Gasteiger partial charge < -0.3 is 19.5 Å². The van der Waals surface area contributed by atoms with Crippen molar-refractivity contribution in [1.82, 2.24) is 14.5 Å². The molecular weight excluding hydrogens is 380 g/mol. The Kier molecular flexibility index (Phi) is 5.54. The van der Waals surface area contributed by atoms with E-state index < -0.39 is 0 Å². The van der Waals surface area contributed by atoms with Crippen LogP contribution in [0, 0.1) is 5.92 Å². The number of nitrogens with zero attached hydrogens (tertiary/aromatic N) is 3. The van der Waals surface area contributed by atoms with Crippen LogP contribution in [0.1, 0.15) is 68.6 Å². The number of anilines is 1. The molecule has 7 nitrogen and oxygen atoms in total. The normalized spacial score (nSPS) is 16.0. The second kappa shape index (κ2) is 8.13. The summed E-state index contributed by atoms with van der Waals surface area (Å²) in [4.78, 5) is 32.1. The van der Waals surface area contributed by atoms with Gasteiger partial charge in [-0.2, -0.15) is 0 Å².